The van der Waals surface area contributed by atoms with Gasteiger partial charge in [-0.05, 0) is 31.0 Å². The van der Waals surface area contributed by atoms with Crippen molar-refractivity contribution in [2.24, 2.45) is 5.73 Å². The zero-order valence-electron chi connectivity index (χ0n) is 8.51. The van der Waals surface area contributed by atoms with Gasteiger partial charge in [-0.3, -0.25) is 0 Å². The van der Waals surface area contributed by atoms with Crippen LogP contribution in [0.2, 0.25) is 0 Å². The summed E-state index contributed by atoms with van der Waals surface area (Å²) in [6, 6.07) is 1.59. The van der Waals surface area contributed by atoms with E-state index >= 15 is 0 Å². The number of halogens is 4. The average Bonchev–Trinajstić information content (AvgIpc) is 2.10. The fraction of sp³-hybridized carbons (Fsp3) is 0.400. The van der Waals surface area contributed by atoms with Gasteiger partial charge < -0.3 is 10.5 Å². The Bertz CT molecular complexity index is 345. The number of hydrogen-bond acceptors (Lipinski definition) is 2. The van der Waals surface area contributed by atoms with Gasteiger partial charge in [-0.2, -0.15) is 8.78 Å². The van der Waals surface area contributed by atoms with Crippen LogP contribution >= 0.6 is 0 Å². The Labute approximate surface area is 90.0 Å². The molecule has 0 heterocycles. The van der Waals surface area contributed by atoms with Gasteiger partial charge in [-0.25, -0.2) is 8.78 Å². The van der Waals surface area contributed by atoms with Crippen LogP contribution in [0.1, 0.15) is 12.5 Å². The summed E-state index contributed by atoms with van der Waals surface area (Å²) in [5, 5.41) is 0. The molecule has 0 radical (unpaired) electrons. The highest BCUT2D eigenvalue weighted by atomic mass is 19.3. The number of hydrogen-bond donors (Lipinski definition) is 1. The minimum absolute atomic E-state index is 0.253. The summed E-state index contributed by atoms with van der Waals surface area (Å²) in [6.45, 7) is -1.59. The molecule has 6 heteroatoms. The fourth-order valence-electron chi connectivity index (χ4n) is 1.30. The molecule has 2 N–H and O–H groups in total. The molecule has 0 amide bonds. The molecular weight excluding hydrogens is 226 g/mol. The Hall–Kier alpha value is -1.30. The third-order valence-electron chi connectivity index (χ3n) is 1.82. The van der Waals surface area contributed by atoms with Crippen molar-refractivity contribution in [2.75, 3.05) is 0 Å². The maximum Gasteiger partial charge on any atom is 0.387 e. The SMILES string of the molecule is CC(N)Cc1cc(F)c(OC(F)F)c(F)c1. The predicted molar refractivity (Wildman–Crippen MR) is 50.3 cm³/mol. The van der Waals surface area contributed by atoms with Crippen molar-refractivity contribution >= 4 is 0 Å². The van der Waals surface area contributed by atoms with Crippen LogP contribution in [0.4, 0.5) is 17.6 Å². The van der Waals surface area contributed by atoms with Crippen molar-refractivity contribution in [2.45, 2.75) is 26.0 Å². The van der Waals surface area contributed by atoms with E-state index in [0.717, 1.165) is 12.1 Å². The van der Waals surface area contributed by atoms with Crippen LogP contribution in [0.15, 0.2) is 12.1 Å². The van der Waals surface area contributed by atoms with Gasteiger partial charge in [0.2, 0.25) is 0 Å². The van der Waals surface area contributed by atoms with Crippen molar-refractivity contribution in [1.82, 2.24) is 0 Å². The predicted octanol–water partition coefficient (Wildman–Crippen LogP) is 2.46. The number of rotatable bonds is 4. The monoisotopic (exact) mass is 237 g/mol. The highest BCUT2D eigenvalue weighted by Crippen LogP contribution is 2.25. The molecule has 1 aromatic carbocycles. The van der Waals surface area contributed by atoms with E-state index in [1.807, 2.05) is 0 Å². The van der Waals surface area contributed by atoms with Gasteiger partial charge in [0.25, 0.3) is 0 Å². The number of nitrogens with two attached hydrogens (primary N) is 1. The Balaban J connectivity index is 2.98. The van der Waals surface area contributed by atoms with Gasteiger partial charge in [-0.1, -0.05) is 0 Å². The lowest BCUT2D eigenvalue weighted by Gasteiger charge is -2.10. The molecule has 1 aromatic rings. The summed E-state index contributed by atoms with van der Waals surface area (Å²) in [5.41, 5.74) is 5.75. The average molecular weight is 237 g/mol. The highest BCUT2D eigenvalue weighted by Gasteiger charge is 2.16. The minimum atomic E-state index is -3.26. The van der Waals surface area contributed by atoms with Gasteiger partial charge >= 0.3 is 6.61 Å². The topological polar surface area (TPSA) is 35.2 Å². The third-order valence-corrected chi connectivity index (χ3v) is 1.82. The Morgan fingerprint density at radius 1 is 1.25 bits per heavy atom. The Morgan fingerprint density at radius 3 is 2.12 bits per heavy atom. The molecule has 0 saturated carbocycles. The first kappa shape index (κ1) is 12.8. The molecule has 0 aliphatic carbocycles. The lowest BCUT2D eigenvalue weighted by atomic mass is 10.1. The largest absolute Gasteiger partial charge is 0.429 e. The maximum absolute atomic E-state index is 13.2. The van der Waals surface area contributed by atoms with E-state index in [4.69, 9.17) is 5.73 Å². The second-order valence-corrected chi connectivity index (χ2v) is 3.45. The van der Waals surface area contributed by atoms with Crippen molar-refractivity contribution in [3.8, 4) is 5.75 Å². The van der Waals surface area contributed by atoms with Gasteiger partial charge in [0.1, 0.15) is 0 Å². The van der Waals surface area contributed by atoms with E-state index in [9.17, 15) is 17.6 Å². The molecule has 1 unspecified atom stereocenters. The van der Waals surface area contributed by atoms with E-state index in [2.05, 4.69) is 4.74 Å². The zero-order valence-corrected chi connectivity index (χ0v) is 8.51. The summed E-state index contributed by atoms with van der Waals surface area (Å²) < 4.78 is 53.7. The lowest BCUT2D eigenvalue weighted by Crippen LogP contribution is -2.18. The molecule has 1 rings (SSSR count). The molecular formula is C10H11F4NO. The van der Waals surface area contributed by atoms with Gasteiger partial charge in [0, 0.05) is 6.04 Å². The molecule has 0 fully saturated rings. The molecule has 0 spiro atoms. The molecule has 0 aliphatic heterocycles. The Morgan fingerprint density at radius 2 is 1.75 bits per heavy atom. The molecule has 16 heavy (non-hydrogen) atoms. The normalized spacial score (nSPS) is 12.9. The van der Waals surface area contributed by atoms with E-state index in [0.29, 0.717) is 5.56 Å². The van der Waals surface area contributed by atoms with Crippen molar-refractivity contribution < 1.29 is 22.3 Å². The van der Waals surface area contributed by atoms with E-state index < -0.39 is 24.0 Å². The summed E-state index contributed by atoms with van der Waals surface area (Å²) in [7, 11) is 0. The van der Waals surface area contributed by atoms with Crippen molar-refractivity contribution in [3.63, 3.8) is 0 Å². The zero-order chi connectivity index (χ0) is 12.3. The van der Waals surface area contributed by atoms with E-state index in [-0.39, 0.29) is 12.5 Å². The quantitative estimate of drug-likeness (QED) is 0.816. The molecule has 0 saturated heterocycles. The maximum atomic E-state index is 13.2. The van der Waals surface area contributed by atoms with Gasteiger partial charge in [0.05, 0.1) is 0 Å². The van der Waals surface area contributed by atoms with Crippen LogP contribution in [-0.2, 0) is 6.42 Å². The number of alkyl halides is 2. The van der Waals surface area contributed by atoms with Crippen LogP contribution in [-0.4, -0.2) is 12.7 Å². The second-order valence-electron chi connectivity index (χ2n) is 3.45. The van der Waals surface area contributed by atoms with Crippen molar-refractivity contribution in [3.05, 3.63) is 29.3 Å². The standard InChI is InChI=1S/C10H11F4NO/c1-5(15)2-6-3-7(11)9(8(12)4-6)16-10(13)14/h3-5,10H,2,15H2,1H3. The molecule has 2 nitrogen and oxygen atoms in total. The third kappa shape index (κ3) is 3.37. The molecule has 90 valence electrons. The van der Waals surface area contributed by atoms with Gasteiger partial charge in [-0.15, -0.1) is 0 Å². The van der Waals surface area contributed by atoms with Gasteiger partial charge in [0.15, 0.2) is 17.4 Å². The first-order chi connectivity index (χ1) is 7.40. The van der Waals surface area contributed by atoms with Crippen LogP contribution in [0.5, 0.6) is 5.75 Å². The lowest BCUT2D eigenvalue weighted by molar-refractivity contribution is -0.0546. The highest BCUT2D eigenvalue weighted by molar-refractivity contribution is 5.31. The van der Waals surface area contributed by atoms with E-state index in [1.54, 1.807) is 6.92 Å². The smallest absolute Gasteiger partial charge is 0.387 e. The first-order valence-electron chi connectivity index (χ1n) is 4.58. The summed E-state index contributed by atoms with van der Waals surface area (Å²) in [6.07, 6.45) is 0.253. The molecule has 0 aliphatic rings. The fourth-order valence-corrected chi connectivity index (χ4v) is 1.30. The van der Waals surface area contributed by atoms with Crippen LogP contribution in [0, 0.1) is 11.6 Å². The molecule has 1 atom stereocenters. The van der Waals surface area contributed by atoms with Crippen LogP contribution < -0.4 is 10.5 Å². The minimum Gasteiger partial charge on any atom is -0.429 e. The summed E-state index contributed by atoms with van der Waals surface area (Å²) in [5.74, 6) is -3.38. The second kappa shape index (κ2) is 5.16. The number of benzene rings is 1. The summed E-state index contributed by atoms with van der Waals surface area (Å²) in [4.78, 5) is 0. The van der Waals surface area contributed by atoms with Crippen molar-refractivity contribution in [1.29, 1.82) is 0 Å². The molecule has 0 bridgehead atoms. The van der Waals surface area contributed by atoms with E-state index in [1.165, 1.54) is 0 Å². The van der Waals surface area contributed by atoms with Crippen LogP contribution in [0.25, 0.3) is 0 Å². The number of ether oxygens (including phenoxy) is 1. The first-order valence-corrected chi connectivity index (χ1v) is 4.58. The summed E-state index contributed by atoms with van der Waals surface area (Å²) >= 11 is 0. The Kier molecular flexibility index (Phi) is 4.12. The van der Waals surface area contributed by atoms with Crippen LogP contribution in [0.3, 0.4) is 0 Å². The molecule has 0 aromatic heterocycles.